The molecule has 0 aliphatic carbocycles. The molecular formula is C6H8F4N2. The molecular weight excluding hydrogens is 176 g/mol. The highest BCUT2D eigenvalue weighted by molar-refractivity contribution is 5.83. The normalized spacial score (nSPS) is 22.0. The summed E-state index contributed by atoms with van der Waals surface area (Å²) >= 11 is 0. The van der Waals surface area contributed by atoms with Gasteiger partial charge < -0.3 is 5.73 Å². The molecule has 0 unspecified atom stereocenters. The van der Waals surface area contributed by atoms with Gasteiger partial charge in [0.25, 0.3) is 12.9 Å². The Kier molecular flexibility index (Phi) is 2.25. The fraction of sp³-hybridized carbons (Fsp3) is 0.833. The molecule has 0 aromatic heterocycles. The average molecular weight is 184 g/mol. The third-order valence-electron chi connectivity index (χ3n) is 1.96. The van der Waals surface area contributed by atoms with Crippen LogP contribution in [0.15, 0.2) is 4.99 Å². The van der Waals surface area contributed by atoms with Gasteiger partial charge in [-0.1, -0.05) is 0 Å². The molecule has 0 aromatic carbocycles. The lowest BCUT2D eigenvalue weighted by atomic mass is 9.87. The molecule has 12 heavy (non-hydrogen) atoms. The summed E-state index contributed by atoms with van der Waals surface area (Å²) in [5.74, 6) is -0.115. The van der Waals surface area contributed by atoms with E-state index in [-0.39, 0.29) is 5.84 Å². The minimum absolute atomic E-state index is 0.115. The zero-order chi connectivity index (χ0) is 9.35. The van der Waals surface area contributed by atoms with Gasteiger partial charge >= 0.3 is 0 Å². The van der Waals surface area contributed by atoms with Crippen LogP contribution in [0.3, 0.4) is 0 Å². The van der Waals surface area contributed by atoms with Crippen LogP contribution in [-0.4, -0.2) is 25.2 Å². The number of amidine groups is 1. The Bertz CT molecular complexity index is 194. The number of alkyl halides is 4. The molecule has 0 fully saturated rings. The second kappa shape index (κ2) is 2.91. The van der Waals surface area contributed by atoms with E-state index in [1.165, 1.54) is 0 Å². The maximum Gasteiger partial charge on any atom is 0.251 e. The molecule has 0 aromatic rings. The van der Waals surface area contributed by atoms with Gasteiger partial charge in [0.05, 0.1) is 12.4 Å². The number of hydrogen-bond donors (Lipinski definition) is 1. The van der Waals surface area contributed by atoms with Crippen molar-refractivity contribution in [1.29, 1.82) is 0 Å². The molecule has 0 spiro atoms. The summed E-state index contributed by atoms with van der Waals surface area (Å²) in [7, 11) is 0. The van der Waals surface area contributed by atoms with E-state index in [1.807, 2.05) is 0 Å². The predicted octanol–water partition coefficient (Wildman–Crippen LogP) is 1.26. The summed E-state index contributed by atoms with van der Waals surface area (Å²) in [6.45, 7) is -0.575. The fourth-order valence-electron chi connectivity index (χ4n) is 1.09. The van der Waals surface area contributed by atoms with Crippen LogP contribution in [0.4, 0.5) is 17.6 Å². The van der Waals surface area contributed by atoms with Crippen LogP contribution in [-0.2, 0) is 0 Å². The molecule has 2 N–H and O–H groups in total. The van der Waals surface area contributed by atoms with Gasteiger partial charge in [-0.2, -0.15) is 0 Å². The Morgan fingerprint density at radius 2 is 1.75 bits per heavy atom. The second-order valence-electron chi connectivity index (χ2n) is 2.82. The topological polar surface area (TPSA) is 38.4 Å². The van der Waals surface area contributed by atoms with Gasteiger partial charge in [0.1, 0.15) is 5.41 Å². The summed E-state index contributed by atoms with van der Waals surface area (Å²) in [4.78, 5) is 3.37. The van der Waals surface area contributed by atoms with Crippen molar-refractivity contribution in [3.05, 3.63) is 0 Å². The first-order valence-electron chi connectivity index (χ1n) is 3.34. The first-order chi connectivity index (χ1) is 5.49. The summed E-state index contributed by atoms with van der Waals surface area (Å²) in [6.07, 6.45) is -6.67. The highest BCUT2D eigenvalue weighted by Gasteiger charge is 2.51. The van der Waals surface area contributed by atoms with E-state index < -0.39 is 31.2 Å². The molecule has 1 aliphatic heterocycles. The van der Waals surface area contributed by atoms with E-state index in [2.05, 4.69) is 4.99 Å². The van der Waals surface area contributed by atoms with Crippen molar-refractivity contribution in [3.63, 3.8) is 0 Å². The van der Waals surface area contributed by atoms with Crippen LogP contribution in [0, 0.1) is 5.41 Å². The maximum atomic E-state index is 12.2. The molecule has 6 heteroatoms. The molecule has 0 radical (unpaired) electrons. The SMILES string of the molecule is NC1=NCC(C(F)F)(C(F)F)C1. The Hall–Kier alpha value is -0.810. The Morgan fingerprint density at radius 1 is 1.25 bits per heavy atom. The van der Waals surface area contributed by atoms with Crippen LogP contribution < -0.4 is 5.73 Å². The van der Waals surface area contributed by atoms with Crippen molar-refractivity contribution in [2.45, 2.75) is 19.3 Å². The van der Waals surface area contributed by atoms with E-state index in [0.29, 0.717) is 0 Å². The smallest absolute Gasteiger partial charge is 0.251 e. The van der Waals surface area contributed by atoms with Crippen molar-refractivity contribution in [1.82, 2.24) is 0 Å². The van der Waals surface area contributed by atoms with E-state index in [0.717, 1.165) is 0 Å². The van der Waals surface area contributed by atoms with E-state index >= 15 is 0 Å². The number of aliphatic imine (C=N–C) groups is 1. The average Bonchev–Trinajstić information content (AvgIpc) is 2.32. The van der Waals surface area contributed by atoms with Crippen molar-refractivity contribution in [2.75, 3.05) is 6.54 Å². The van der Waals surface area contributed by atoms with Crippen LogP contribution in [0.25, 0.3) is 0 Å². The minimum atomic E-state index is -3.08. The lowest BCUT2D eigenvalue weighted by Gasteiger charge is -2.25. The van der Waals surface area contributed by atoms with Crippen LogP contribution in [0.1, 0.15) is 6.42 Å². The first-order valence-corrected chi connectivity index (χ1v) is 3.34. The molecule has 70 valence electrons. The monoisotopic (exact) mass is 184 g/mol. The second-order valence-corrected chi connectivity index (χ2v) is 2.82. The van der Waals surface area contributed by atoms with Crippen LogP contribution in [0.5, 0.6) is 0 Å². The van der Waals surface area contributed by atoms with Gasteiger partial charge in [-0.3, -0.25) is 4.99 Å². The van der Waals surface area contributed by atoms with E-state index in [1.54, 1.807) is 0 Å². The highest BCUT2D eigenvalue weighted by atomic mass is 19.3. The Labute approximate surface area is 66.5 Å². The van der Waals surface area contributed by atoms with Gasteiger partial charge in [0.2, 0.25) is 0 Å². The van der Waals surface area contributed by atoms with Gasteiger partial charge in [-0.25, -0.2) is 17.6 Å². The highest BCUT2D eigenvalue weighted by Crippen LogP contribution is 2.40. The summed E-state index contributed by atoms with van der Waals surface area (Å²) in [5.41, 5.74) is 2.74. The van der Waals surface area contributed by atoms with Crippen LogP contribution in [0.2, 0.25) is 0 Å². The summed E-state index contributed by atoms with van der Waals surface area (Å²) in [5, 5.41) is 0. The van der Waals surface area contributed by atoms with Crippen molar-refractivity contribution >= 4 is 5.84 Å². The number of hydrogen-bond acceptors (Lipinski definition) is 2. The lowest BCUT2D eigenvalue weighted by molar-refractivity contribution is -0.0938. The first kappa shape index (κ1) is 9.28. The van der Waals surface area contributed by atoms with Gasteiger partial charge in [-0.15, -0.1) is 0 Å². The Morgan fingerprint density at radius 3 is 1.92 bits per heavy atom. The van der Waals surface area contributed by atoms with E-state index in [9.17, 15) is 17.6 Å². The third kappa shape index (κ3) is 1.25. The van der Waals surface area contributed by atoms with Gasteiger partial charge in [0, 0.05) is 6.42 Å². The zero-order valence-corrected chi connectivity index (χ0v) is 6.11. The molecule has 1 aliphatic rings. The largest absolute Gasteiger partial charge is 0.387 e. The zero-order valence-electron chi connectivity index (χ0n) is 6.11. The Balaban J connectivity index is 2.79. The summed E-state index contributed by atoms with van der Waals surface area (Å²) < 4.78 is 48.8. The molecule has 0 atom stereocenters. The molecule has 1 heterocycles. The molecule has 1 rings (SSSR count). The number of nitrogens with two attached hydrogens (primary N) is 1. The molecule has 0 saturated heterocycles. The van der Waals surface area contributed by atoms with Crippen molar-refractivity contribution in [2.24, 2.45) is 16.1 Å². The third-order valence-corrected chi connectivity index (χ3v) is 1.96. The van der Waals surface area contributed by atoms with E-state index in [4.69, 9.17) is 5.73 Å². The minimum Gasteiger partial charge on any atom is -0.387 e. The van der Waals surface area contributed by atoms with Crippen molar-refractivity contribution < 1.29 is 17.6 Å². The summed E-state index contributed by atoms with van der Waals surface area (Å²) in [6, 6.07) is 0. The molecule has 0 saturated carbocycles. The molecule has 0 amide bonds. The van der Waals surface area contributed by atoms with Gasteiger partial charge in [0.15, 0.2) is 0 Å². The fourth-order valence-corrected chi connectivity index (χ4v) is 1.09. The van der Waals surface area contributed by atoms with Crippen LogP contribution >= 0.6 is 0 Å². The number of halogens is 4. The number of nitrogens with zero attached hydrogens (tertiary/aromatic N) is 1. The van der Waals surface area contributed by atoms with Gasteiger partial charge in [-0.05, 0) is 0 Å². The lowest BCUT2D eigenvalue weighted by Crippen LogP contribution is -2.39. The maximum absolute atomic E-state index is 12.2. The molecule has 0 bridgehead atoms. The number of rotatable bonds is 2. The standard InChI is InChI=1S/C6H8F4N2/c7-4(8)6(5(9)10)1-3(11)12-2-6/h4-5H,1-2H2,(H2,11,12). The quantitative estimate of drug-likeness (QED) is 0.644. The van der Waals surface area contributed by atoms with Crippen molar-refractivity contribution in [3.8, 4) is 0 Å². The molecule has 2 nitrogen and oxygen atoms in total. The predicted molar refractivity (Wildman–Crippen MR) is 35.5 cm³/mol.